The highest BCUT2D eigenvalue weighted by Crippen LogP contribution is 2.39. The second kappa shape index (κ2) is 5.11. The topological polar surface area (TPSA) is 35.5 Å². The quantitative estimate of drug-likeness (QED) is 0.545. The van der Waals surface area contributed by atoms with Crippen molar-refractivity contribution in [2.75, 3.05) is 14.2 Å². The van der Waals surface area contributed by atoms with Gasteiger partial charge in [0.15, 0.2) is 6.29 Å². The Balaban J connectivity index is 2.28. The van der Waals surface area contributed by atoms with E-state index in [2.05, 4.69) is 0 Å². The first-order valence-corrected chi connectivity index (χ1v) is 6.07. The van der Waals surface area contributed by atoms with E-state index in [1.165, 1.54) is 30.4 Å². The summed E-state index contributed by atoms with van der Waals surface area (Å²) in [7, 11) is 3.22. The molecule has 3 heteroatoms. The Morgan fingerprint density at radius 1 is 1.06 bits per heavy atom. The maximum atomic E-state index is 12.0. The van der Waals surface area contributed by atoms with Crippen molar-refractivity contribution in [3.8, 4) is 0 Å². The Morgan fingerprint density at radius 2 is 1.75 bits per heavy atom. The van der Waals surface area contributed by atoms with Gasteiger partial charge in [0.2, 0.25) is 0 Å². The summed E-state index contributed by atoms with van der Waals surface area (Å²) >= 11 is 0. The number of rotatable bonds is 3. The van der Waals surface area contributed by atoms with Gasteiger partial charge in [-0.1, -0.05) is 11.1 Å². The molecule has 0 fully saturated rings. The second-order valence-electron chi connectivity index (χ2n) is 4.62. The van der Waals surface area contributed by atoms with Crippen molar-refractivity contribution >= 4 is 5.78 Å². The number of ketones is 1. The standard InChI is InChI=1S/C13H20O3/c1-15-13(16-2)12-10-6-4-3-5-9(10)7-8-11(12)14/h12-13H,3-8H2,1-2H3. The number of hydrogen-bond acceptors (Lipinski definition) is 3. The van der Waals surface area contributed by atoms with Crippen molar-refractivity contribution in [1.82, 2.24) is 0 Å². The number of carbonyl (C=O) groups is 1. The third kappa shape index (κ3) is 2.06. The average molecular weight is 224 g/mol. The molecule has 0 aromatic carbocycles. The maximum Gasteiger partial charge on any atom is 0.170 e. The van der Waals surface area contributed by atoms with Crippen LogP contribution in [0.4, 0.5) is 0 Å². The monoisotopic (exact) mass is 224 g/mol. The Bertz CT molecular complexity index is 302. The zero-order chi connectivity index (χ0) is 11.5. The van der Waals surface area contributed by atoms with E-state index in [9.17, 15) is 4.79 Å². The minimum atomic E-state index is -0.393. The van der Waals surface area contributed by atoms with E-state index in [0.29, 0.717) is 6.42 Å². The van der Waals surface area contributed by atoms with Gasteiger partial charge in [-0.25, -0.2) is 0 Å². The molecule has 0 N–H and O–H groups in total. The van der Waals surface area contributed by atoms with Crippen LogP contribution in [-0.2, 0) is 14.3 Å². The largest absolute Gasteiger partial charge is 0.355 e. The van der Waals surface area contributed by atoms with Crippen LogP contribution in [0, 0.1) is 5.92 Å². The van der Waals surface area contributed by atoms with Crippen LogP contribution < -0.4 is 0 Å². The van der Waals surface area contributed by atoms with Gasteiger partial charge in [-0.3, -0.25) is 4.79 Å². The van der Waals surface area contributed by atoms with E-state index in [1.54, 1.807) is 14.2 Å². The molecule has 2 rings (SSSR count). The molecule has 90 valence electrons. The third-order valence-corrected chi connectivity index (χ3v) is 3.76. The molecular weight excluding hydrogens is 204 g/mol. The Hall–Kier alpha value is -0.670. The first-order chi connectivity index (χ1) is 7.77. The minimum Gasteiger partial charge on any atom is -0.355 e. The summed E-state index contributed by atoms with van der Waals surface area (Å²) in [6, 6.07) is 0. The molecule has 0 aromatic rings. The van der Waals surface area contributed by atoms with Gasteiger partial charge in [0.1, 0.15) is 5.78 Å². The molecule has 0 bridgehead atoms. The molecule has 1 atom stereocenters. The van der Waals surface area contributed by atoms with Gasteiger partial charge in [0.05, 0.1) is 5.92 Å². The predicted octanol–water partition coefficient (Wildman–Crippen LogP) is 2.46. The Kier molecular flexibility index (Phi) is 3.77. The zero-order valence-electron chi connectivity index (χ0n) is 10.1. The number of ether oxygens (including phenoxy) is 2. The molecular formula is C13H20O3. The van der Waals surface area contributed by atoms with Gasteiger partial charge < -0.3 is 9.47 Å². The highest BCUT2D eigenvalue weighted by Gasteiger charge is 2.36. The first kappa shape index (κ1) is 11.8. The third-order valence-electron chi connectivity index (χ3n) is 3.76. The van der Waals surface area contributed by atoms with Gasteiger partial charge in [-0.05, 0) is 32.1 Å². The molecule has 0 aliphatic heterocycles. The molecule has 0 saturated heterocycles. The molecule has 0 spiro atoms. The van der Waals surface area contributed by atoms with E-state index in [1.807, 2.05) is 0 Å². The van der Waals surface area contributed by atoms with Gasteiger partial charge >= 0.3 is 0 Å². The summed E-state index contributed by atoms with van der Waals surface area (Å²) in [5, 5.41) is 0. The van der Waals surface area contributed by atoms with Crippen LogP contribution >= 0.6 is 0 Å². The van der Waals surface area contributed by atoms with Crippen LogP contribution in [0.2, 0.25) is 0 Å². The lowest BCUT2D eigenvalue weighted by Crippen LogP contribution is -2.36. The van der Waals surface area contributed by atoms with Crippen LogP contribution in [-0.4, -0.2) is 26.3 Å². The van der Waals surface area contributed by atoms with E-state index in [-0.39, 0.29) is 11.7 Å². The predicted molar refractivity (Wildman–Crippen MR) is 61.0 cm³/mol. The first-order valence-electron chi connectivity index (χ1n) is 6.07. The molecule has 0 aromatic heterocycles. The van der Waals surface area contributed by atoms with Crippen molar-refractivity contribution in [1.29, 1.82) is 0 Å². The number of carbonyl (C=O) groups excluding carboxylic acids is 1. The fourth-order valence-corrected chi connectivity index (χ4v) is 2.96. The van der Waals surface area contributed by atoms with Crippen molar-refractivity contribution in [2.24, 2.45) is 5.92 Å². The molecule has 0 heterocycles. The lowest BCUT2D eigenvalue weighted by atomic mass is 9.75. The van der Waals surface area contributed by atoms with Crippen molar-refractivity contribution < 1.29 is 14.3 Å². The summed E-state index contributed by atoms with van der Waals surface area (Å²) in [6.07, 6.45) is 5.91. The number of methoxy groups -OCH3 is 2. The minimum absolute atomic E-state index is 0.140. The second-order valence-corrected chi connectivity index (χ2v) is 4.62. The molecule has 3 nitrogen and oxygen atoms in total. The zero-order valence-corrected chi connectivity index (χ0v) is 10.1. The summed E-state index contributed by atoms with van der Waals surface area (Å²) in [4.78, 5) is 12.0. The van der Waals surface area contributed by atoms with E-state index in [0.717, 1.165) is 12.8 Å². The number of allylic oxidation sites excluding steroid dienone is 1. The maximum absolute atomic E-state index is 12.0. The van der Waals surface area contributed by atoms with Crippen LogP contribution in [0.5, 0.6) is 0 Å². The molecule has 2 aliphatic carbocycles. The normalized spacial score (nSPS) is 26.2. The summed E-state index contributed by atoms with van der Waals surface area (Å²) in [6.45, 7) is 0. The smallest absolute Gasteiger partial charge is 0.170 e. The molecule has 0 amide bonds. The lowest BCUT2D eigenvalue weighted by molar-refractivity contribution is -0.152. The molecule has 0 saturated carbocycles. The van der Waals surface area contributed by atoms with Crippen LogP contribution in [0.25, 0.3) is 0 Å². The fourth-order valence-electron chi connectivity index (χ4n) is 2.96. The van der Waals surface area contributed by atoms with E-state index in [4.69, 9.17) is 9.47 Å². The van der Waals surface area contributed by atoms with Gasteiger partial charge in [0.25, 0.3) is 0 Å². The van der Waals surface area contributed by atoms with Gasteiger partial charge in [-0.2, -0.15) is 0 Å². The van der Waals surface area contributed by atoms with Crippen LogP contribution in [0.3, 0.4) is 0 Å². The van der Waals surface area contributed by atoms with Crippen LogP contribution in [0.15, 0.2) is 11.1 Å². The average Bonchev–Trinajstić information content (AvgIpc) is 2.33. The summed E-state index contributed by atoms with van der Waals surface area (Å²) < 4.78 is 10.6. The number of hydrogen-bond donors (Lipinski definition) is 0. The molecule has 2 aliphatic rings. The van der Waals surface area contributed by atoms with Crippen LogP contribution in [0.1, 0.15) is 38.5 Å². The molecule has 1 unspecified atom stereocenters. The van der Waals surface area contributed by atoms with E-state index >= 15 is 0 Å². The van der Waals surface area contributed by atoms with Crippen molar-refractivity contribution in [3.63, 3.8) is 0 Å². The summed E-state index contributed by atoms with van der Waals surface area (Å²) in [5.74, 6) is 0.147. The van der Waals surface area contributed by atoms with Crippen molar-refractivity contribution in [3.05, 3.63) is 11.1 Å². The lowest BCUT2D eigenvalue weighted by Gasteiger charge is -2.34. The molecule has 16 heavy (non-hydrogen) atoms. The van der Waals surface area contributed by atoms with Crippen molar-refractivity contribution in [2.45, 2.75) is 44.8 Å². The highest BCUT2D eigenvalue weighted by molar-refractivity contribution is 5.86. The van der Waals surface area contributed by atoms with Gasteiger partial charge in [0, 0.05) is 20.6 Å². The van der Waals surface area contributed by atoms with E-state index < -0.39 is 6.29 Å². The summed E-state index contributed by atoms with van der Waals surface area (Å²) in [5.41, 5.74) is 2.81. The molecule has 0 radical (unpaired) electrons. The van der Waals surface area contributed by atoms with Gasteiger partial charge in [-0.15, -0.1) is 0 Å². The highest BCUT2D eigenvalue weighted by atomic mass is 16.7. The number of Topliss-reactive ketones (excluding diaryl/α,β-unsaturated/α-hetero) is 1. The Labute approximate surface area is 96.8 Å². The SMILES string of the molecule is COC(OC)C1C(=O)CCC2=C1CCCC2. The Morgan fingerprint density at radius 3 is 2.44 bits per heavy atom. The fraction of sp³-hybridized carbons (Fsp3) is 0.769.